The second-order valence-electron chi connectivity index (χ2n) is 14.5. The van der Waals surface area contributed by atoms with E-state index >= 15 is 0 Å². The zero-order chi connectivity index (χ0) is 34.4. The number of methoxy groups -OCH3 is 1. The summed E-state index contributed by atoms with van der Waals surface area (Å²) in [5.41, 5.74) is -0.0968. The van der Waals surface area contributed by atoms with Gasteiger partial charge in [-0.1, -0.05) is 79.7 Å². The Hall–Kier alpha value is -3.66. The van der Waals surface area contributed by atoms with E-state index in [1.807, 2.05) is 6.08 Å². The van der Waals surface area contributed by atoms with E-state index in [0.29, 0.717) is 12.0 Å². The van der Waals surface area contributed by atoms with Crippen LogP contribution in [0.4, 0.5) is 13.2 Å². The van der Waals surface area contributed by atoms with E-state index in [1.165, 1.54) is 36.9 Å². The number of carbonyl (C=O) groups is 1. The molecular formula is C40H46F3N2O4+. The number of aliphatic hydroxyl groups is 1. The molecule has 2 aromatic carbocycles. The third kappa shape index (κ3) is 5.58. The number of hydrogen-bond donors (Lipinski definition) is 2. The number of alkyl halides is 3. The monoisotopic (exact) mass is 675 g/mol. The van der Waals surface area contributed by atoms with Crippen LogP contribution in [0.2, 0.25) is 0 Å². The third-order valence-electron chi connectivity index (χ3n) is 12.2. The minimum absolute atomic E-state index is 0.104. The Kier molecular flexibility index (Phi) is 8.91. The molecule has 5 aliphatic rings. The van der Waals surface area contributed by atoms with Crippen molar-refractivity contribution in [2.45, 2.75) is 81.5 Å². The SMILES string of the molecule is C=CC[N+]1(CCCCc2ccccc2)CC[C@]23C4=C5C=CC(NC(=O)C(=C(O)c6ccccc6)C(F)(F)F)(OC)C4O[C@H]2CCC[C@H]3[C@H]1C5. The zero-order valence-corrected chi connectivity index (χ0v) is 28.1. The molecule has 2 saturated heterocycles. The van der Waals surface area contributed by atoms with E-state index in [4.69, 9.17) is 9.47 Å². The number of aryl methyl sites for hydroxylation is 1. The fourth-order valence-corrected chi connectivity index (χ4v) is 10.1. The van der Waals surface area contributed by atoms with Crippen molar-refractivity contribution in [3.8, 4) is 0 Å². The highest BCUT2D eigenvalue weighted by Crippen LogP contribution is 2.67. The van der Waals surface area contributed by atoms with Gasteiger partial charge < -0.3 is 24.4 Å². The van der Waals surface area contributed by atoms with E-state index in [1.54, 1.807) is 12.1 Å². The maximum Gasteiger partial charge on any atom is 0.425 e. The number of likely N-dealkylation sites (tertiary alicyclic amines) is 1. The van der Waals surface area contributed by atoms with Crippen LogP contribution >= 0.6 is 0 Å². The Bertz CT molecular complexity index is 1670. The Labute approximate surface area is 286 Å². The summed E-state index contributed by atoms with van der Waals surface area (Å²) in [4.78, 5) is 13.6. The highest BCUT2D eigenvalue weighted by molar-refractivity contribution is 6.01. The van der Waals surface area contributed by atoms with Crippen molar-refractivity contribution >= 4 is 11.7 Å². The van der Waals surface area contributed by atoms with Crippen molar-refractivity contribution in [3.63, 3.8) is 0 Å². The van der Waals surface area contributed by atoms with Crippen LogP contribution in [-0.2, 0) is 20.7 Å². The number of carbonyl (C=O) groups excluding carboxylic acids is 1. The predicted octanol–water partition coefficient (Wildman–Crippen LogP) is 7.60. The standard InChI is InChI=1S/C40H45F3N2O4/c1-3-23-45(24-11-10-15-27-13-6-4-7-14-27)25-22-38-30-18-12-19-32(38)49-36-33(38)29(26-31(30)45)20-21-39(36,48-2)44-37(47)34(40(41,42)43)35(46)28-16-8-5-9-17-28/h3-9,13-14,16-17,20-21,30-32,36H,1,10-12,15,18-19,22-26H2,2H3,(H-,44,46,47)/p+1/t30-,31+,32-,36?,38+,39?,45?/m0/s1. The molecule has 2 bridgehead atoms. The van der Waals surface area contributed by atoms with Crippen molar-refractivity contribution in [2.75, 3.05) is 26.7 Å². The maximum atomic E-state index is 14.4. The highest BCUT2D eigenvalue weighted by Gasteiger charge is 2.71. The normalized spacial score (nSPS) is 33.5. The number of allylic oxidation sites excluding steroid dienone is 1. The van der Waals surface area contributed by atoms with E-state index in [0.717, 1.165) is 86.6 Å². The molecule has 0 radical (unpaired) electrons. The van der Waals surface area contributed by atoms with Crippen LogP contribution in [0.1, 0.15) is 56.1 Å². The number of hydrogen-bond acceptors (Lipinski definition) is 4. The number of unbranched alkanes of at least 4 members (excludes halogenated alkanes) is 1. The molecule has 2 heterocycles. The second-order valence-corrected chi connectivity index (χ2v) is 14.5. The largest absolute Gasteiger partial charge is 0.506 e. The number of nitrogens with zero attached hydrogens (tertiary/aromatic N) is 1. The molecule has 260 valence electrons. The minimum Gasteiger partial charge on any atom is -0.506 e. The van der Waals surface area contributed by atoms with Gasteiger partial charge in [0.2, 0.25) is 0 Å². The van der Waals surface area contributed by atoms with Crippen LogP contribution in [0.5, 0.6) is 0 Å². The van der Waals surface area contributed by atoms with Crippen LogP contribution in [0, 0.1) is 11.3 Å². The lowest BCUT2D eigenvalue weighted by Gasteiger charge is -2.62. The Morgan fingerprint density at radius 3 is 2.55 bits per heavy atom. The van der Waals surface area contributed by atoms with Gasteiger partial charge in [-0.2, -0.15) is 13.2 Å². The summed E-state index contributed by atoms with van der Waals surface area (Å²) in [5.74, 6) is -2.25. The minimum atomic E-state index is -5.12. The van der Waals surface area contributed by atoms with Crippen molar-refractivity contribution in [3.05, 3.63) is 113 Å². The second kappa shape index (κ2) is 12.9. The first-order chi connectivity index (χ1) is 23.6. The molecule has 3 fully saturated rings. The lowest BCUT2D eigenvalue weighted by Crippen LogP contribution is -2.70. The lowest BCUT2D eigenvalue weighted by molar-refractivity contribution is -0.958. The van der Waals surface area contributed by atoms with Gasteiger partial charge in [-0.25, -0.2) is 0 Å². The van der Waals surface area contributed by atoms with Gasteiger partial charge in [0.25, 0.3) is 5.91 Å². The molecule has 3 unspecified atom stereocenters. The number of rotatable bonds is 11. The van der Waals surface area contributed by atoms with Crippen molar-refractivity contribution in [1.29, 1.82) is 0 Å². The van der Waals surface area contributed by atoms with Crippen LogP contribution in [-0.4, -0.2) is 72.4 Å². The first-order valence-corrected chi connectivity index (χ1v) is 17.6. The van der Waals surface area contributed by atoms with Crippen molar-refractivity contribution in [2.24, 2.45) is 11.3 Å². The first-order valence-electron chi connectivity index (χ1n) is 17.6. The third-order valence-corrected chi connectivity index (χ3v) is 12.2. The van der Waals surface area contributed by atoms with E-state index in [-0.39, 0.29) is 17.1 Å². The summed E-state index contributed by atoms with van der Waals surface area (Å²) in [6.07, 6.45) is 7.66. The smallest absolute Gasteiger partial charge is 0.425 e. The summed E-state index contributed by atoms with van der Waals surface area (Å²) in [6, 6.07) is 18.3. The summed E-state index contributed by atoms with van der Waals surface area (Å²) < 4.78 is 57.2. The van der Waals surface area contributed by atoms with E-state index in [9.17, 15) is 23.1 Å². The molecular weight excluding hydrogens is 629 g/mol. The summed E-state index contributed by atoms with van der Waals surface area (Å²) in [6.45, 7) is 7.14. The number of benzene rings is 2. The number of quaternary nitrogens is 1. The van der Waals surface area contributed by atoms with Crippen LogP contribution in [0.3, 0.4) is 0 Å². The molecule has 1 spiro atoms. The molecule has 3 aliphatic carbocycles. The van der Waals surface area contributed by atoms with E-state index in [2.05, 4.69) is 48.3 Å². The predicted molar refractivity (Wildman–Crippen MR) is 182 cm³/mol. The van der Waals surface area contributed by atoms with Crippen LogP contribution in [0.25, 0.3) is 5.76 Å². The fourth-order valence-electron chi connectivity index (χ4n) is 10.1. The quantitative estimate of drug-likeness (QED) is 0.0643. The van der Waals surface area contributed by atoms with Gasteiger partial charge in [0.1, 0.15) is 11.9 Å². The number of halogens is 3. The van der Waals surface area contributed by atoms with Gasteiger partial charge in [-0.05, 0) is 61.0 Å². The molecule has 0 aromatic heterocycles. The Balaban J connectivity index is 1.20. The van der Waals surface area contributed by atoms with Crippen LogP contribution in [0.15, 0.2) is 102 Å². The summed E-state index contributed by atoms with van der Waals surface area (Å²) in [7, 11) is 1.39. The zero-order valence-electron chi connectivity index (χ0n) is 28.1. The van der Waals surface area contributed by atoms with Gasteiger partial charge in [-0.3, -0.25) is 4.79 Å². The first kappa shape index (κ1) is 33.8. The molecule has 2 N–H and O–H groups in total. The van der Waals surface area contributed by atoms with Crippen molar-refractivity contribution in [1.82, 2.24) is 5.32 Å². The molecule has 2 aromatic rings. The molecule has 6 nitrogen and oxygen atoms in total. The van der Waals surface area contributed by atoms with Crippen molar-refractivity contribution < 1.29 is 37.0 Å². The maximum absolute atomic E-state index is 14.4. The van der Waals surface area contributed by atoms with Gasteiger partial charge in [0.05, 0.1) is 31.8 Å². The van der Waals surface area contributed by atoms with Crippen LogP contribution < -0.4 is 5.32 Å². The fraction of sp³-hybridized carbons (Fsp3) is 0.475. The molecule has 1 amide bonds. The molecule has 49 heavy (non-hydrogen) atoms. The van der Waals surface area contributed by atoms with Gasteiger partial charge in [-0.15, -0.1) is 0 Å². The number of aliphatic hydroxyl groups excluding tert-OH is 1. The number of nitrogens with one attached hydrogen (secondary N) is 1. The Morgan fingerprint density at radius 1 is 1.12 bits per heavy atom. The van der Waals surface area contributed by atoms with Gasteiger partial charge >= 0.3 is 6.18 Å². The summed E-state index contributed by atoms with van der Waals surface area (Å²) in [5, 5.41) is 13.3. The van der Waals surface area contributed by atoms with Gasteiger partial charge in [0.15, 0.2) is 11.3 Å². The number of ether oxygens (including phenoxy) is 2. The average molecular weight is 676 g/mol. The summed E-state index contributed by atoms with van der Waals surface area (Å²) >= 11 is 0. The average Bonchev–Trinajstić information content (AvgIpc) is 3.45. The molecule has 2 aliphatic heterocycles. The lowest BCUT2D eigenvalue weighted by atomic mass is 9.50. The molecule has 1 saturated carbocycles. The number of piperidine rings is 1. The highest BCUT2D eigenvalue weighted by atomic mass is 19.4. The molecule has 9 heteroatoms. The Morgan fingerprint density at radius 2 is 1.86 bits per heavy atom. The van der Waals surface area contributed by atoms with Gasteiger partial charge in [0, 0.05) is 36.8 Å². The molecule has 7 atom stereocenters. The topological polar surface area (TPSA) is 67.8 Å². The molecule has 7 rings (SSSR count). The van der Waals surface area contributed by atoms with E-state index < -0.39 is 35.2 Å². The number of amides is 1.